The first-order valence-corrected chi connectivity index (χ1v) is 26.4. The van der Waals surface area contributed by atoms with Gasteiger partial charge in [-0.2, -0.15) is 0 Å². The van der Waals surface area contributed by atoms with Gasteiger partial charge in [0.05, 0.1) is 17.6 Å². The van der Waals surface area contributed by atoms with Crippen molar-refractivity contribution in [2.75, 3.05) is 25.1 Å². The van der Waals surface area contributed by atoms with Gasteiger partial charge in [-0.15, -0.1) is 0 Å². The fraction of sp³-hybridized carbons (Fsp3) is 0.397. The third kappa shape index (κ3) is 11.1. The van der Waals surface area contributed by atoms with Crippen LogP contribution in [0.15, 0.2) is 91.0 Å². The zero-order valence-corrected chi connectivity index (χ0v) is 45.5. The van der Waals surface area contributed by atoms with Crippen molar-refractivity contribution >= 4 is 69.3 Å². The number of aryl methyl sites for hydroxylation is 6. The molecular formula is C58H67INO8P. The molecule has 5 aromatic carbocycles. The highest BCUT2D eigenvalue weighted by molar-refractivity contribution is 14.1. The Morgan fingerprint density at radius 1 is 0.609 bits per heavy atom. The summed E-state index contributed by atoms with van der Waals surface area (Å²) in [6.07, 6.45) is 1.93. The van der Waals surface area contributed by atoms with Crippen LogP contribution in [0.4, 0.5) is 5.69 Å². The maximum atomic E-state index is 15.6. The van der Waals surface area contributed by atoms with Crippen molar-refractivity contribution in [1.82, 2.24) is 0 Å². The number of halogens is 1. The second kappa shape index (κ2) is 20.3. The Morgan fingerprint density at radius 3 is 1.65 bits per heavy atom. The maximum absolute atomic E-state index is 15.6. The minimum atomic E-state index is -4.46. The second-order valence-electron chi connectivity index (χ2n) is 21.3. The molecule has 0 spiro atoms. The molecule has 0 saturated carbocycles. The second-order valence-corrected chi connectivity index (χ2v) is 26.6. The quantitative estimate of drug-likeness (QED) is 0.0277. The lowest BCUT2D eigenvalue weighted by Gasteiger charge is -2.45. The zero-order valence-electron chi connectivity index (χ0n) is 42.5. The molecule has 1 unspecified atom stereocenters. The first-order chi connectivity index (χ1) is 32.1. The lowest BCUT2D eigenvalue weighted by Crippen LogP contribution is -2.48. The molecule has 0 amide bonds. The third-order valence-electron chi connectivity index (χ3n) is 13.7. The van der Waals surface area contributed by atoms with E-state index in [2.05, 4.69) is 55.6 Å². The molecule has 6 rings (SSSR count). The lowest BCUT2D eigenvalue weighted by atomic mass is 9.63. The molecule has 0 aliphatic heterocycles. The van der Waals surface area contributed by atoms with Crippen LogP contribution in [0.2, 0.25) is 0 Å². The van der Waals surface area contributed by atoms with Gasteiger partial charge in [-0.05, 0) is 133 Å². The number of esters is 1. The number of anilines is 1. The molecule has 1 aliphatic carbocycles. The van der Waals surface area contributed by atoms with Crippen molar-refractivity contribution < 1.29 is 38.0 Å². The van der Waals surface area contributed by atoms with Crippen LogP contribution in [-0.2, 0) is 14.1 Å². The molecule has 0 aromatic heterocycles. The van der Waals surface area contributed by atoms with E-state index >= 15 is 4.57 Å². The van der Waals surface area contributed by atoms with Gasteiger partial charge in [-0.1, -0.05) is 134 Å². The Kier molecular flexibility index (Phi) is 15.6. The average molecular weight is 1060 g/mol. The van der Waals surface area contributed by atoms with Crippen molar-refractivity contribution in [3.05, 3.63) is 158 Å². The van der Waals surface area contributed by atoms with Gasteiger partial charge in [0.1, 0.15) is 12.4 Å². The van der Waals surface area contributed by atoms with Crippen LogP contribution in [0.3, 0.4) is 0 Å². The van der Waals surface area contributed by atoms with Crippen LogP contribution in [0.1, 0.15) is 154 Å². The van der Waals surface area contributed by atoms with Gasteiger partial charge in [-0.25, -0.2) is 0 Å². The summed E-state index contributed by atoms with van der Waals surface area (Å²) in [4.78, 5) is 70.4. The molecule has 0 radical (unpaired) electrons. The van der Waals surface area contributed by atoms with Gasteiger partial charge in [0, 0.05) is 48.8 Å². The molecule has 5 aromatic rings. The first kappa shape index (κ1) is 53.2. The summed E-state index contributed by atoms with van der Waals surface area (Å²) in [5.74, 6) is -0.324. The van der Waals surface area contributed by atoms with Crippen molar-refractivity contribution in [2.24, 2.45) is 16.2 Å². The molecule has 0 heterocycles. The van der Waals surface area contributed by atoms with E-state index in [0.717, 1.165) is 17.5 Å². The Bertz CT molecular complexity index is 2800. The highest BCUT2D eigenvalue weighted by Gasteiger charge is 2.51. The average Bonchev–Trinajstić information content (AvgIpc) is 3.24. The summed E-state index contributed by atoms with van der Waals surface area (Å²) in [6.45, 7) is 26.5. The number of carbonyl (C=O) groups is 5. The fourth-order valence-corrected chi connectivity index (χ4v) is 13.6. The van der Waals surface area contributed by atoms with Gasteiger partial charge in [-0.3, -0.25) is 24.0 Å². The molecule has 364 valence electrons. The van der Waals surface area contributed by atoms with Gasteiger partial charge in [0.2, 0.25) is 18.2 Å². The first-order valence-electron chi connectivity index (χ1n) is 23.6. The fourth-order valence-electron chi connectivity index (χ4n) is 10.6. The maximum Gasteiger partial charge on any atom is 0.313 e. The van der Waals surface area contributed by atoms with Gasteiger partial charge < -0.3 is 19.4 Å². The van der Waals surface area contributed by atoms with Crippen molar-refractivity contribution in [3.8, 4) is 5.75 Å². The highest BCUT2D eigenvalue weighted by Crippen LogP contribution is 2.54. The summed E-state index contributed by atoms with van der Waals surface area (Å²) in [7, 11) is -4.46. The Morgan fingerprint density at radius 2 is 1.12 bits per heavy atom. The predicted octanol–water partition coefficient (Wildman–Crippen LogP) is 13.5. The molecule has 9 nitrogen and oxygen atoms in total. The standard InChI is InChI=1S/C58H67INO8P/c1-35-28-37(3)47(38(4)29-35)52(63)69(66,53(64)48-39(5)30-36(2)31-40(48)6)42-19-16-18-41(32-42)67-26-24-55(7,8)33-56(9,10)34-58(13,57(11,12)59)54(65)68-27-25-60-46-23-17-22-45-49(46)51(62)44-21-15-14-20-43(44)50(45)61/h14-23,28-32,60H,24-27,33-34H2,1-13H3. The lowest BCUT2D eigenvalue weighted by molar-refractivity contribution is -0.158. The van der Waals surface area contributed by atoms with Crippen LogP contribution in [0.5, 0.6) is 5.75 Å². The molecule has 1 atom stereocenters. The zero-order chi connectivity index (χ0) is 51.0. The van der Waals surface area contributed by atoms with E-state index < -0.39 is 27.0 Å². The number of rotatable bonds is 19. The van der Waals surface area contributed by atoms with Crippen LogP contribution >= 0.6 is 29.7 Å². The Labute approximate surface area is 422 Å². The van der Waals surface area contributed by atoms with Crippen LogP contribution in [0, 0.1) is 57.8 Å². The largest absolute Gasteiger partial charge is 0.494 e. The number of hydrogen-bond acceptors (Lipinski definition) is 9. The van der Waals surface area contributed by atoms with Gasteiger partial charge in [0.15, 0.2) is 11.6 Å². The number of ether oxygens (including phenoxy) is 2. The molecule has 11 heteroatoms. The van der Waals surface area contributed by atoms with Crippen LogP contribution in [-0.4, -0.2) is 51.8 Å². The molecule has 69 heavy (non-hydrogen) atoms. The van der Waals surface area contributed by atoms with E-state index in [0.29, 0.717) is 86.5 Å². The molecule has 0 saturated heterocycles. The van der Waals surface area contributed by atoms with Gasteiger partial charge >= 0.3 is 5.97 Å². The molecule has 0 bridgehead atoms. The number of ketones is 2. The van der Waals surface area contributed by atoms with E-state index in [1.807, 2.05) is 86.6 Å². The normalized spacial score (nSPS) is 13.8. The van der Waals surface area contributed by atoms with Crippen molar-refractivity contribution in [2.45, 2.75) is 113 Å². The summed E-state index contributed by atoms with van der Waals surface area (Å²) < 4.78 is 27.5. The van der Waals surface area contributed by atoms with E-state index in [1.165, 1.54) is 0 Å². The van der Waals surface area contributed by atoms with E-state index in [9.17, 15) is 24.0 Å². The molecular weight excluding hydrogens is 997 g/mol. The SMILES string of the molecule is Cc1cc(C)c(C(=O)P(=O)(C(=O)c2c(C)cc(C)cc2C)c2cccc(OCCC(C)(C)CC(C)(C)CC(C)(C(=O)OCCNc3cccc4c3C(=O)c3ccccc3C4=O)C(C)(C)I)c2)c(C)c1. The van der Waals surface area contributed by atoms with Crippen LogP contribution in [0.25, 0.3) is 0 Å². The number of carbonyl (C=O) groups excluding carboxylic acids is 5. The predicted molar refractivity (Wildman–Crippen MR) is 286 cm³/mol. The third-order valence-corrected chi connectivity index (χ3v) is 17.5. The minimum Gasteiger partial charge on any atom is -0.494 e. The van der Waals surface area contributed by atoms with Crippen molar-refractivity contribution in [1.29, 1.82) is 0 Å². The van der Waals surface area contributed by atoms with E-state index in [-0.39, 0.29) is 46.8 Å². The Hall–Kier alpha value is -5.19. The number of benzene rings is 5. The number of alkyl halides is 1. The molecule has 1 aliphatic rings. The van der Waals surface area contributed by atoms with E-state index in [1.54, 1.807) is 66.7 Å². The molecule has 1 N–H and O–H groups in total. The molecule has 0 fully saturated rings. The highest BCUT2D eigenvalue weighted by atomic mass is 127. The topological polar surface area (TPSA) is 133 Å². The summed E-state index contributed by atoms with van der Waals surface area (Å²) in [5, 5.41) is 3.38. The summed E-state index contributed by atoms with van der Waals surface area (Å²) >= 11 is 2.34. The number of hydrogen-bond donors (Lipinski definition) is 1. The smallest absolute Gasteiger partial charge is 0.313 e. The number of nitrogens with one attached hydrogen (secondary N) is 1. The number of fused-ring (bicyclic) bond motifs is 2. The van der Waals surface area contributed by atoms with Crippen molar-refractivity contribution in [3.63, 3.8) is 0 Å². The Balaban J connectivity index is 1.13. The summed E-state index contributed by atoms with van der Waals surface area (Å²) in [5.41, 5.74) is 4.35. The minimum absolute atomic E-state index is 0.0578. The summed E-state index contributed by atoms with van der Waals surface area (Å²) in [6, 6.07) is 26.1. The monoisotopic (exact) mass is 1060 g/mol. The van der Waals surface area contributed by atoms with Crippen LogP contribution < -0.4 is 15.4 Å². The van der Waals surface area contributed by atoms with Gasteiger partial charge in [0.25, 0.3) is 0 Å². The van der Waals surface area contributed by atoms with E-state index in [4.69, 9.17) is 9.47 Å².